The first-order valence-electron chi connectivity index (χ1n) is 5.42. The molecule has 108 valence electrons. The molecule has 0 atom stereocenters. The van der Waals surface area contributed by atoms with Gasteiger partial charge in [-0.05, 0) is 12.1 Å². The second-order valence-electron chi connectivity index (χ2n) is 3.97. The van der Waals surface area contributed by atoms with E-state index in [-0.39, 0.29) is 22.8 Å². The third kappa shape index (κ3) is 3.92. The number of carboxylic acid groups (broad SMARTS) is 1. The standard InChI is InChI=1S/C11H13N3O6/c1-13(2)11(17)7-3-4-8(9(5-7)14(18)19)12-20-6-10(15)16/h3-5,12H,6H2,1-2H3,(H,15,16). The van der Waals surface area contributed by atoms with Crippen LogP contribution in [0.4, 0.5) is 11.4 Å². The highest BCUT2D eigenvalue weighted by molar-refractivity contribution is 5.95. The minimum absolute atomic E-state index is 0.0356. The Morgan fingerprint density at radius 1 is 1.45 bits per heavy atom. The third-order valence-corrected chi connectivity index (χ3v) is 2.23. The Balaban J connectivity index is 2.99. The SMILES string of the molecule is CN(C)C(=O)c1ccc(NOCC(=O)O)c([N+](=O)[O-])c1. The van der Waals surface area contributed by atoms with Crippen LogP contribution in [-0.2, 0) is 9.63 Å². The zero-order valence-electron chi connectivity index (χ0n) is 10.8. The molecule has 20 heavy (non-hydrogen) atoms. The Labute approximate surface area is 113 Å². The number of anilines is 1. The average Bonchev–Trinajstić information content (AvgIpc) is 2.37. The van der Waals surface area contributed by atoms with Crippen LogP contribution < -0.4 is 5.48 Å². The van der Waals surface area contributed by atoms with Crippen molar-refractivity contribution in [2.75, 3.05) is 26.2 Å². The van der Waals surface area contributed by atoms with Gasteiger partial charge in [-0.15, -0.1) is 0 Å². The molecule has 0 unspecified atom stereocenters. The Morgan fingerprint density at radius 2 is 2.10 bits per heavy atom. The van der Waals surface area contributed by atoms with E-state index in [1.165, 1.54) is 31.1 Å². The van der Waals surface area contributed by atoms with Crippen LogP contribution in [-0.4, -0.2) is 47.5 Å². The molecule has 0 heterocycles. The maximum atomic E-state index is 11.7. The summed E-state index contributed by atoms with van der Waals surface area (Å²) in [5.74, 6) is -1.61. The van der Waals surface area contributed by atoms with Crippen LogP contribution in [0.2, 0.25) is 0 Å². The molecule has 0 aliphatic heterocycles. The molecule has 9 nitrogen and oxygen atoms in total. The first-order valence-corrected chi connectivity index (χ1v) is 5.42. The summed E-state index contributed by atoms with van der Waals surface area (Å²) in [6, 6.07) is 3.74. The number of hydrogen-bond acceptors (Lipinski definition) is 6. The van der Waals surface area contributed by atoms with Crippen molar-refractivity contribution in [2.45, 2.75) is 0 Å². The third-order valence-electron chi connectivity index (χ3n) is 2.23. The van der Waals surface area contributed by atoms with Crippen molar-refractivity contribution in [1.82, 2.24) is 4.90 Å². The molecule has 0 bridgehead atoms. The van der Waals surface area contributed by atoms with E-state index in [4.69, 9.17) is 5.11 Å². The highest BCUT2D eigenvalue weighted by Crippen LogP contribution is 2.26. The van der Waals surface area contributed by atoms with Crippen molar-refractivity contribution in [2.24, 2.45) is 0 Å². The summed E-state index contributed by atoms with van der Waals surface area (Å²) in [7, 11) is 3.05. The molecule has 0 aliphatic carbocycles. The summed E-state index contributed by atoms with van der Waals surface area (Å²) in [6.07, 6.45) is 0. The summed E-state index contributed by atoms with van der Waals surface area (Å²) in [6.45, 7) is -0.657. The summed E-state index contributed by atoms with van der Waals surface area (Å²) in [5, 5.41) is 19.3. The summed E-state index contributed by atoms with van der Waals surface area (Å²) >= 11 is 0. The Hall–Kier alpha value is -2.68. The number of amides is 1. The fourth-order valence-electron chi connectivity index (χ4n) is 1.34. The lowest BCUT2D eigenvalue weighted by molar-refractivity contribution is -0.384. The molecule has 0 saturated carbocycles. The van der Waals surface area contributed by atoms with E-state index in [2.05, 4.69) is 10.3 Å². The second kappa shape index (κ2) is 6.48. The van der Waals surface area contributed by atoms with Crippen molar-refractivity contribution >= 4 is 23.3 Å². The van der Waals surface area contributed by atoms with Crippen LogP contribution >= 0.6 is 0 Å². The number of carboxylic acids is 1. The predicted octanol–water partition coefficient (Wildman–Crippen LogP) is 0.725. The number of hydrogen-bond donors (Lipinski definition) is 2. The number of nitro benzene ring substituents is 1. The van der Waals surface area contributed by atoms with E-state index in [1.807, 2.05) is 0 Å². The van der Waals surface area contributed by atoms with Gasteiger partial charge in [0.05, 0.1) is 4.92 Å². The molecule has 9 heteroatoms. The van der Waals surface area contributed by atoms with Gasteiger partial charge in [0.1, 0.15) is 5.69 Å². The number of rotatable bonds is 6. The first kappa shape index (κ1) is 15.4. The van der Waals surface area contributed by atoms with Gasteiger partial charge in [0.25, 0.3) is 11.6 Å². The molecule has 2 N–H and O–H groups in total. The average molecular weight is 283 g/mol. The lowest BCUT2D eigenvalue weighted by Crippen LogP contribution is -2.21. The van der Waals surface area contributed by atoms with Crippen LogP contribution in [0.1, 0.15) is 10.4 Å². The lowest BCUT2D eigenvalue weighted by atomic mass is 10.1. The molecule has 0 radical (unpaired) electrons. The maximum absolute atomic E-state index is 11.7. The van der Waals surface area contributed by atoms with Gasteiger partial charge >= 0.3 is 5.97 Å². The van der Waals surface area contributed by atoms with Crippen LogP contribution in [0.25, 0.3) is 0 Å². The van der Waals surface area contributed by atoms with Gasteiger partial charge in [-0.2, -0.15) is 0 Å². The Morgan fingerprint density at radius 3 is 2.60 bits per heavy atom. The summed E-state index contributed by atoms with van der Waals surface area (Å²) < 4.78 is 0. The number of aliphatic carboxylic acids is 1. The molecule has 0 aromatic heterocycles. The number of carbonyl (C=O) groups excluding carboxylic acids is 1. The molecule has 1 aromatic carbocycles. The lowest BCUT2D eigenvalue weighted by Gasteiger charge is -2.11. The van der Waals surface area contributed by atoms with Crippen LogP contribution in [0.3, 0.4) is 0 Å². The topological polar surface area (TPSA) is 122 Å². The molecule has 1 amide bonds. The first-order chi connectivity index (χ1) is 9.32. The molecule has 0 aliphatic rings. The minimum atomic E-state index is -1.22. The van der Waals surface area contributed by atoms with Crippen molar-refractivity contribution in [3.8, 4) is 0 Å². The van der Waals surface area contributed by atoms with Gasteiger partial charge in [-0.1, -0.05) is 0 Å². The molecule has 0 spiro atoms. The zero-order chi connectivity index (χ0) is 15.3. The largest absolute Gasteiger partial charge is 0.479 e. The van der Waals surface area contributed by atoms with E-state index < -0.39 is 17.5 Å². The number of nitro groups is 1. The van der Waals surface area contributed by atoms with Crippen molar-refractivity contribution in [1.29, 1.82) is 0 Å². The van der Waals surface area contributed by atoms with E-state index in [9.17, 15) is 19.7 Å². The molecule has 1 aromatic rings. The van der Waals surface area contributed by atoms with E-state index in [1.54, 1.807) is 0 Å². The highest BCUT2D eigenvalue weighted by atomic mass is 16.7. The van der Waals surface area contributed by atoms with Crippen LogP contribution in [0, 0.1) is 10.1 Å². The van der Waals surface area contributed by atoms with Gasteiger partial charge in [0, 0.05) is 25.7 Å². The minimum Gasteiger partial charge on any atom is -0.479 e. The van der Waals surface area contributed by atoms with Gasteiger partial charge in [0.15, 0.2) is 6.61 Å². The van der Waals surface area contributed by atoms with Crippen LogP contribution in [0.5, 0.6) is 0 Å². The Kier molecular flexibility index (Phi) is 4.98. The predicted molar refractivity (Wildman–Crippen MR) is 68.3 cm³/mol. The van der Waals surface area contributed by atoms with Gasteiger partial charge in [-0.3, -0.25) is 25.2 Å². The smallest absolute Gasteiger partial charge is 0.332 e. The summed E-state index contributed by atoms with van der Waals surface area (Å²) in [5.41, 5.74) is 1.90. The second-order valence-corrected chi connectivity index (χ2v) is 3.97. The normalized spacial score (nSPS) is 9.90. The monoisotopic (exact) mass is 283 g/mol. The highest BCUT2D eigenvalue weighted by Gasteiger charge is 2.18. The van der Waals surface area contributed by atoms with E-state index >= 15 is 0 Å². The Bertz CT molecular complexity index is 543. The van der Waals surface area contributed by atoms with E-state index in [0.29, 0.717) is 0 Å². The van der Waals surface area contributed by atoms with E-state index in [0.717, 1.165) is 6.07 Å². The van der Waals surface area contributed by atoms with Gasteiger partial charge in [0.2, 0.25) is 0 Å². The molecular weight excluding hydrogens is 270 g/mol. The number of carbonyl (C=O) groups is 2. The maximum Gasteiger partial charge on any atom is 0.332 e. The van der Waals surface area contributed by atoms with Gasteiger partial charge in [-0.25, -0.2) is 4.79 Å². The van der Waals surface area contributed by atoms with Gasteiger partial charge < -0.3 is 10.0 Å². The van der Waals surface area contributed by atoms with Crippen molar-refractivity contribution in [3.63, 3.8) is 0 Å². The molecule has 1 rings (SSSR count). The number of nitrogens with one attached hydrogen (secondary N) is 1. The van der Waals surface area contributed by atoms with Crippen LogP contribution in [0.15, 0.2) is 18.2 Å². The fourth-order valence-corrected chi connectivity index (χ4v) is 1.34. The fraction of sp³-hybridized carbons (Fsp3) is 0.273. The molecule has 0 fully saturated rings. The zero-order valence-corrected chi connectivity index (χ0v) is 10.8. The number of nitrogens with zero attached hydrogens (tertiary/aromatic N) is 2. The molecule has 0 saturated heterocycles. The van der Waals surface area contributed by atoms with Crippen molar-refractivity contribution < 1.29 is 24.5 Å². The molecular formula is C11H13N3O6. The number of benzene rings is 1. The summed E-state index contributed by atoms with van der Waals surface area (Å²) in [4.78, 5) is 38.1. The van der Waals surface area contributed by atoms with Crippen molar-refractivity contribution in [3.05, 3.63) is 33.9 Å². The quantitative estimate of drug-likeness (QED) is 0.582.